The fourth-order valence-corrected chi connectivity index (χ4v) is 3.11. The van der Waals surface area contributed by atoms with Gasteiger partial charge in [0, 0.05) is 49.3 Å². The molecule has 0 N–H and O–H groups in total. The lowest BCUT2D eigenvalue weighted by Gasteiger charge is -2.27. The zero-order valence-corrected chi connectivity index (χ0v) is 13.1. The first kappa shape index (κ1) is 15.3. The molecule has 0 aliphatic carbocycles. The van der Waals surface area contributed by atoms with Gasteiger partial charge in [-0.2, -0.15) is 0 Å². The monoisotopic (exact) mass is 316 g/mol. The molecular weight excluding hydrogens is 296 g/mol. The average molecular weight is 316 g/mol. The molecule has 7 nitrogen and oxygen atoms in total. The molecule has 1 fully saturated rings. The van der Waals surface area contributed by atoms with Gasteiger partial charge in [-0.05, 0) is 25.8 Å². The molecule has 7 heteroatoms. The second kappa shape index (κ2) is 6.68. The maximum absolute atomic E-state index is 11.1. The fourth-order valence-electron chi connectivity index (χ4n) is 3.11. The van der Waals surface area contributed by atoms with Crippen LogP contribution in [-0.4, -0.2) is 33.7 Å². The molecule has 2 aromatic rings. The van der Waals surface area contributed by atoms with E-state index < -0.39 is 4.92 Å². The van der Waals surface area contributed by atoms with Crippen LogP contribution in [0, 0.1) is 10.1 Å². The van der Waals surface area contributed by atoms with E-state index >= 15 is 0 Å². The van der Waals surface area contributed by atoms with Crippen molar-refractivity contribution in [3.63, 3.8) is 0 Å². The molecule has 1 aliphatic heterocycles. The lowest BCUT2D eigenvalue weighted by Crippen LogP contribution is -2.32. The molecule has 1 aliphatic rings. The topological polar surface area (TPSA) is 73.4 Å². The number of hydrogen-bond acceptors (Lipinski definition) is 5. The van der Waals surface area contributed by atoms with Crippen molar-refractivity contribution in [1.82, 2.24) is 9.55 Å². The van der Waals surface area contributed by atoms with Crippen LogP contribution in [0.1, 0.15) is 19.8 Å². The van der Waals surface area contributed by atoms with E-state index in [2.05, 4.69) is 14.5 Å². The fraction of sp³-hybridized carbons (Fsp3) is 0.438. The number of aromatic nitrogens is 2. The van der Waals surface area contributed by atoms with Gasteiger partial charge in [-0.25, -0.2) is 4.98 Å². The summed E-state index contributed by atoms with van der Waals surface area (Å²) < 4.78 is 7.52. The van der Waals surface area contributed by atoms with Gasteiger partial charge in [0.1, 0.15) is 0 Å². The molecule has 1 saturated heterocycles. The molecule has 0 bridgehead atoms. The summed E-state index contributed by atoms with van der Waals surface area (Å²) >= 11 is 0. The van der Waals surface area contributed by atoms with Crippen molar-refractivity contribution in [1.29, 1.82) is 0 Å². The zero-order valence-electron chi connectivity index (χ0n) is 13.1. The van der Waals surface area contributed by atoms with Gasteiger partial charge in [0.2, 0.25) is 0 Å². The van der Waals surface area contributed by atoms with Crippen LogP contribution in [0.25, 0.3) is 0 Å². The third kappa shape index (κ3) is 3.28. The summed E-state index contributed by atoms with van der Waals surface area (Å²) in [5.74, 6) is 0.336. The molecule has 1 unspecified atom stereocenters. The van der Waals surface area contributed by atoms with E-state index in [1.54, 1.807) is 12.3 Å². The lowest BCUT2D eigenvalue weighted by atomic mass is 10.2. The summed E-state index contributed by atoms with van der Waals surface area (Å²) in [5.41, 5.74) is 0.989. The highest BCUT2D eigenvalue weighted by molar-refractivity contribution is 5.60. The highest BCUT2D eigenvalue weighted by Crippen LogP contribution is 2.34. The van der Waals surface area contributed by atoms with Crippen LogP contribution < -0.4 is 9.64 Å². The van der Waals surface area contributed by atoms with Crippen LogP contribution in [0.15, 0.2) is 36.9 Å². The van der Waals surface area contributed by atoms with Crippen LogP contribution in [0.5, 0.6) is 5.75 Å². The normalized spacial score (nSPS) is 17.4. The molecule has 1 aromatic carbocycles. The number of benzene rings is 1. The summed E-state index contributed by atoms with van der Waals surface area (Å²) in [4.78, 5) is 17.1. The Morgan fingerprint density at radius 1 is 1.48 bits per heavy atom. The van der Waals surface area contributed by atoms with E-state index in [9.17, 15) is 10.1 Å². The Bertz CT molecular complexity index is 672. The Morgan fingerprint density at radius 2 is 2.35 bits per heavy atom. The predicted octanol–water partition coefficient (Wildman–Crippen LogP) is 2.86. The van der Waals surface area contributed by atoms with E-state index in [4.69, 9.17) is 4.74 Å². The summed E-state index contributed by atoms with van der Waals surface area (Å²) in [6.07, 6.45) is 7.76. The molecule has 1 atom stereocenters. The van der Waals surface area contributed by atoms with Crippen molar-refractivity contribution in [2.45, 2.75) is 32.4 Å². The molecule has 3 rings (SSSR count). The third-order valence-electron chi connectivity index (χ3n) is 4.13. The van der Waals surface area contributed by atoms with Crippen molar-refractivity contribution in [3.8, 4) is 5.75 Å². The van der Waals surface area contributed by atoms with Crippen LogP contribution in [0.2, 0.25) is 0 Å². The van der Waals surface area contributed by atoms with Gasteiger partial charge in [0.15, 0.2) is 5.75 Å². The molecule has 1 aromatic heterocycles. The number of nitro groups is 1. The second-order valence-electron chi connectivity index (χ2n) is 5.59. The Labute approximate surface area is 134 Å². The Morgan fingerprint density at radius 3 is 3.04 bits per heavy atom. The van der Waals surface area contributed by atoms with Gasteiger partial charge in [-0.3, -0.25) is 10.1 Å². The summed E-state index contributed by atoms with van der Waals surface area (Å²) in [6.45, 7) is 4.04. The van der Waals surface area contributed by atoms with Gasteiger partial charge in [-0.15, -0.1) is 0 Å². The predicted molar refractivity (Wildman–Crippen MR) is 86.9 cm³/mol. The van der Waals surface area contributed by atoms with E-state index in [1.165, 1.54) is 6.07 Å². The van der Waals surface area contributed by atoms with Crippen molar-refractivity contribution < 1.29 is 9.66 Å². The summed E-state index contributed by atoms with van der Waals surface area (Å²) in [7, 11) is 0. The minimum absolute atomic E-state index is 0.0148. The van der Waals surface area contributed by atoms with E-state index in [0.717, 1.165) is 31.6 Å². The van der Waals surface area contributed by atoms with Crippen LogP contribution in [-0.2, 0) is 6.54 Å². The highest BCUT2D eigenvalue weighted by Gasteiger charge is 2.27. The number of rotatable bonds is 6. The number of imidazole rings is 1. The Kier molecular flexibility index (Phi) is 4.45. The van der Waals surface area contributed by atoms with Crippen molar-refractivity contribution >= 4 is 11.4 Å². The third-order valence-corrected chi connectivity index (χ3v) is 4.13. The zero-order chi connectivity index (χ0) is 16.2. The number of ether oxygens (including phenoxy) is 1. The second-order valence-corrected chi connectivity index (χ2v) is 5.59. The van der Waals surface area contributed by atoms with E-state index in [1.807, 2.05) is 25.5 Å². The van der Waals surface area contributed by atoms with Crippen molar-refractivity contribution in [2.24, 2.45) is 0 Å². The smallest absolute Gasteiger partial charge is 0.311 e. The summed E-state index contributed by atoms with van der Waals surface area (Å²) in [6, 6.07) is 5.49. The SMILES string of the molecule is CCOc1cc(N2CCCC2Cn2ccnc2)ccc1[N+](=O)[O-]. The molecule has 0 radical (unpaired) electrons. The van der Waals surface area contributed by atoms with Gasteiger partial charge >= 0.3 is 5.69 Å². The number of anilines is 1. The van der Waals surface area contributed by atoms with Crippen LogP contribution in [0.4, 0.5) is 11.4 Å². The first-order valence-corrected chi connectivity index (χ1v) is 7.82. The first-order valence-electron chi connectivity index (χ1n) is 7.82. The van der Waals surface area contributed by atoms with Gasteiger partial charge in [0.25, 0.3) is 0 Å². The average Bonchev–Trinajstić information content (AvgIpc) is 3.19. The van der Waals surface area contributed by atoms with Gasteiger partial charge in [-0.1, -0.05) is 0 Å². The Hall–Kier alpha value is -2.57. The van der Waals surface area contributed by atoms with Gasteiger partial charge in [0.05, 0.1) is 17.9 Å². The first-order chi connectivity index (χ1) is 11.2. The maximum Gasteiger partial charge on any atom is 0.311 e. The number of nitro benzene ring substituents is 1. The molecule has 0 saturated carbocycles. The number of nitrogens with zero attached hydrogens (tertiary/aromatic N) is 4. The van der Waals surface area contributed by atoms with E-state index in [0.29, 0.717) is 18.4 Å². The Balaban J connectivity index is 1.84. The largest absolute Gasteiger partial charge is 0.487 e. The molecule has 23 heavy (non-hydrogen) atoms. The van der Waals surface area contributed by atoms with E-state index in [-0.39, 0.29) is 5.69 Å². The molecule has 0 spiro atoms. The van der Waals surface area contributed by atoms with Gasteiger partial charge < -0.3 is 14.2 Å². The van der Waals surface area contributed by atoms with Crippen molar-refractivity contribution in [2.75, 3.05) is 18.1 Å². The molecule has 2 heterocycles. The molecular formula is C16H20N4O3. The molecule has 0 amide bonds. The minimum atomic E-state index is -0.401. The lowest BCUT2D eigenvalue weighted by molar-refractivity contribution is -0.385. The minimum Gasteiger partial charge on any atom is -0.487 e. The van der Waals surface area contributed by atoms with Crippen LogP contribution in [0.3, 0.4) is 0 Å². The van der Waals surface area contributed by atoms with Crippen molar-refractivity contribution in [3.05, 3.63) is 47.0 Å². The maximum atomic E-state index is 11.1. The van der Waals surface area contributed by atoms with Crippen LogP contribution >= 0.6 is 0 Å². The quantitative estimate of drug-likeness (QED) is 0.605. The highest BCUT2D eigenvalue weighted by atomic mass is 16.6. The molecule has 122 valence electrons. The number of hydrogen-bond donors (Lipinski definition) is 0. The summed E-state index contributed by atoms with van der Waals surface area (Å²) in [5, 5.41) is 11.1. The standard InChI is InChI=1S/C16H20N4O3/c1-2-23-16-10-13(5-6-15(16)20(21)22)19-8-3-4-14(19)11-18-9-7-17-12-18/h5-7,9-10,12,14H,2-4,8,11H2,1H3.